The van der Waals surface area contributed by atoms with Gasteiger partial charge in [0, 0.05) is 18.2 Å². The number of rotatable bonds is 2. The molecule has 1 saturated heterocycles. The lowest BCUT2D eigenvalue weighted by Gasteiger charge is -2.64. The van der Waals surface area contributed by atoms with Crippen molar-refractivity contribution in [3.63, 3.8) is 0 Å². The maximum absolute atomic E-state index is 12.1. The van der Waals surface area contributed by atoms with E-state index in [2.05, 4.69) is 4.90 Å². The van der Waals surface area contributed by atoms with Gasteiger partial charge in [0.05, 0.1) is 17.1 Å². The summed E-state index contributed by atoms with van der Waals surface area (Å²) in [5, 5.41) is 33.2. The van der Waals surface area contributed by atoms with Crippen LogP contribution in [0.5, 0.6) is 11.5 Å². The molecule has 3 N–H and O–H groups in total. The van der Waals surface area contributed by atoms with Crippen LogP contribution in [0, 0.1) is 5.92 Å². The number of piperidine rings is 1. The molecule has 1 aromatic rings. The van der Waals surface area contributed by atoms with Gasteiger partial charge in [-0.3, -0.25) is 4.90 Å². The summed E-state index contributed by atoms with van der Waals surface area (Å²) in [5.41, 5.74) is 0.712. The molecule has 1 unspecified atom stereocenters. The van der Waals surface area contributed by atoms with E-state index in [0.717, 1.165) is 37.4 Å². The zero-order chi connectivity index (χ0) is 17.7. The first-order valence-electron chi connectivity index (χ1n) is 10.2. The second-order valence-corrected chi connectivity index (χ2v) is 9.25. The van der Waals surface area contributed by atoms with Gasteiger partial charge in [0.2, 0.25) is 0 Å². The van der Waals surface area contributed by atoms with Gasteiger partial charge in [0.15, 0.2) is 11.5 Å². The maximum Gasteiger partial charge on any atom is 0.165 e. The summed E-state index contributed by atoms with van der Waals surface area (Å²) >= 11 is 0. The van der Waals surface area contributed by atoms with Crippen molar-refractivity contribution in [1.29, 1.82) is 0 Å². The van der Waals surface area contributed by atoms with Crippen LogP contribution in [0.25, 0.3) is 0 Å². The number of benzene rings is 1. The molecule has 0 aromatic heterocycles. The van der Waals surface area contributed by atoms with Crippen LogP contribution in [0.15, 0.2) is 12.1 Å². The van der Waals surface area contributed by atoms with E-state index in [1.54, 1.807) is 6.07 Å². The molecule has 26 heavy (non-hydrogen) atoms. The lowest BCUT2D eigenvalue weighted by Crippen LogP contribution is -2.77. The van der Waals surface area contributed by atoms with Crippen molar-refractivity contribution in [3.05, 3.63) is 23.3 Å². The van der Waals surface area contributed by atoms with E-state index in [4.69, 9.17) is 4.74 Å². The second-order valence-electron chi connectivity index (χ2n) is 9.25. The fourth-order valence-corrected chi connectivity index (χ4v) is 6.83. The predicted molar refractivity (Wildman–Crippen MR) is 95.4 cm³/mol. The van der Waals surface area contributed by atoms with Crippen LogP contribution < -0.4 is 4.74 Å². The largest absolute Gasteiger partial charge is 0.504 e. The fraction of sp³-hybridized carbons (Fsp3) is 0.714. The normalized spacial score (nSPS) is 43.5. The van der Waals surface area contributed by atoms with Gasteiger partial charge < -0.3 is 20.1 Å². The van der Waals surface area contributed by atoms with Crippen molar-refractivity contribution >= 4 is 0 Å². The lowest BCUT2D eigenvalue weighted by atomic mass is 9.48. The molecule has 5 nitrogen and oxygen atoms in total. The van der Waals surface area contributed by atoms with Gasteiger partial charge in [-0.15, -0.1) is 0 Å². The van der Waals surface area contributed by atoms with Crippen LogP contribution >= 0.6 is 0 Å². The highest BCUT2D eigenvalue weighted by atomic mass is 16.5. The molecule has 5 atom stereocenters. The molecule has 2 bridgehead atoms. The number of phenols is 1. The Balaban J connectivity index is 1.52. The third-order valence-electron chi connectivity index (χ3n) is 8.26. The first-order valence-corrected chi connectivity index (χ1v) is 10.2. The molecule has 5 aliphatic rings. The summed E-state index contributed by atoms with van der Waals surface area (Å²) in [6.45, 7) is 2.02. The Kier molecular flexibility index (Phi) is 2.99. The number of phenolic OH excluding ortho intramolecular Hbond substituents is 1. The van der Waals surface area contributed by atoms with Gasteiger partial charge in [-0.1, -0.05) is 12.5 Å². The number of aliphatic hydroxyl groups excluding tert-OH is 1. The highest BCUT2D eigenvalue weighted by molar-refractivity contribution is 5.62. The molecule has 140 valence electrons. The van der Waals surface area contributed by atoms with Crippen molar-refractivity contribution in [2.24, 2.45) is 5.92 Å². The summed E-state index contributed by atoms with van der Waals surface area (Å²) in [6, 6.07) is 3.80. The fourth-order valence-electron chi connectivity index (χ4n) is 6.83. The van der Waals surface area contributed by atoms with Crippen LogP contribution in [-0.4, -0.2) is 57.2 Å². The van der Waals surface area contributed by atoms with Crippen molar-refractivity contribution < 1.29 is 20.1 Å². The van der Waals surface area contributed by atoms with Gasteiger partial charge >= 0.3 is 0 Å². The molecule has 0 radical (unpaired) electrons. The molecule has 1 aromatic carbocycles. The average molecular weight is 357 g/mol. The van der Waals surface area contributed by atoms with Gasteiger partial charge in [-0.05, 0) is 62.6 Å². The standard InChI is InChI=1S/C21H27NO4/c23-14-5-4-13-10-16-21(25)7-6-15(24)19-20(21,17(13)18(14)26-19)8-9-22(16)11-12-2-1-3-12/h4-5,12,15-16,19,23-25H,1-3,6-11H2/t15-,16+,19?,20-,21+/m1/s1. The molecule has 2 heterocycles. The summed E-state index contributed by atoms with van der Waals surface area (Å²) < 4.78 is 6.16. The molecule has 0 amide bonds. The van der Waals surface area contributed by atoms with E-state index in [1.165, 1.54) is 24.8 Å². The number of likely N-dealkylation sites (tertiary alicyclic amines) is 1. The summed E-state index contributed by atoms with van der Waals surface area (Å²) in [6.07, 6.45) is 5.68. The molecular formula is C21H27NO4. The third kappa shape index (κ3) is 1.64. The van der Waals surface area contributed by atoms with Crippen molar-refractivity contribution in [2.45, 2.75) is 74.2 Å². The summed E-state index contributed by atoms with van der Waals surface area (Å²) in [5.74, 6) is 1.42. The third-order valence-corrected chi connectivity index (χ3v) is 8.26. The van der Waals surface area contributed by atoms with Crippen LogP contribution in [0.1, 0.15) is 49.7 Å². The first kappa shape index (κ1) is 15.7. The van der Waals surface area contributed by atoms with E-state index in [1.807, 2.05) is 6.07 Å². The minimum atomic E-state index is -0.884. The van der Waals surface area contributed by atoms with Crippen molar-refractivity contribution in [3.8, 4) is 11.5 Å². The van der Waals surface area contributed by atoms with E-state index in [0.29, 0.717) is 18.6 Å². The monoisotopic (exact) mass is 357 g/mol. The van der Waals surface area contributed by atoms with E-state index in [-0.39, 0.29) is 11.8 Å². The van der Waals surface area contributed by atoms with E-state index < -0.39 is 23.2 Å². The van der Waals surface area contributed by atoms with Crippen molar-refractivity contribution in [2.75, 3.05) is 13.1 Å². The lowest BCUT2D eigenvalue weighted by molar-refractivity contribution is -0.209. The van der Waals surface area contributed by atoms with E-state index in [9.17, 15) is 15.3 Å². The molecular weight excluding hydrogens is 330 g/mol. The summed E-state index contributed by atoms with van der Waals surface area (Å²) in [4.78, 5) is 2.53. The number of hydrogen-bond acceptors (Lipinski definition) is 5. The predicted octanol–water partition coefficient (Wildman–Crippen LogP) is 1.71. The topological polar surface area (TPSA) is 73.2 Å². The van der Waals surface area contributed by atoms with Gasteiger partial charge in [-0.25, -0.2) is 0 Å². The molecule has 1 spiro atoms. The highest BCUT2D eigenvalue weighted by Crippen LogP contribution is 2.65. The number of aliphatic hydroxyl groups is 2. The zero-order valence-corrected chi connectivity index (χ0v) is 15.0. The molecule has 2 saturated carbocycles. The Bertz CT molecular complexity index is 778. The smallest absolute Gasteiger partial charge is 0.165 e. The van der Waals surface area contributed by atoms with E-state index >= 15 is 0 Å². The minimum absolute atomic E-state index is 0.0819. The zero-order valence-electron chi connectivity index (χ0n) is 15.0. The maximum atomic E-state index is 12.1. The Labute approximate surface area is 153 Å². The Morgan fingerprint density at radius 1 is 1.19 bits per heavy atom. The molecule has 3 aliphatic carbocycles. The number of ether oxygens (including phenoxy) is 1. The Hall–Kier alpha value is -1.30. The first-order chi connectivity index (χ1) is 12.5. The Morgan fingerprint density at radius 2 is 2.04 bits per heavy atom. The van der Waals surface area contributed by atoms with Gasteiger partial charge in [0.1, 0.15) is 6.10 Å². The molecule has 3 fully saturated rings. The number of aromatic hydroxyl groups is 1. The SMILES string of the molecule is Oc1ccc2c3c1OC1[C@H](O)CC[C@]4(O)[C@H](C2)N(CC2CCC2)CC[C@@]314. The van der Waals surface area contributed by atoms with Gasteiger partial charge in [0.25, 0.3) is 0 Å². The minimum Gasteiger partial charge on any atom is -0.504 e. The highest BCUT2D eigenvalue weighted by Gasteiger charge is 2.72. The van der Waals surface area contributed by atoms with Crippen LogP contribution in [0.4, 0.5) is 0 Å². The van der Waals surface area contributed by atoms with Gasteiger partial charge in [-0.2, -0.15) is 0 Å². The van der Waals surface area contributed by atoms with Crippen LogP contribution in [0.2, 0.25) is 0 Å². The quantitative estimate of drug-likeness (QED) is 0.751. The van der Waals surface area contributed by atoms with Crippen LogP contribution in [-0.2, 0) is 11.8 Å². The average Bonchev–Trinajstić information content (AvgIpc) is 2.93. The number of nitrogens with zero attached hydrogens (tertiary/aromatic N) is 1. The molecule has 2 aliphatic heterocycles. The molecule has 6 rings (SSSR count). The molecule has 5 heteroatoms. The number of hydrogen-bond donors (Lipinski definition) is 3. The summed E-state index contributed by atoms with van der Waals surface area (Å²) in [7, 11) is 0. The van der Waals surface area contributed by atoms with Crippen LogP contribution in [0.3, 0.4) is 0 Å². The van der Waals surface area contributed by atoms with Crippen molar-refractivity contribution in [1.82, 2.24) is 4.90 Å². The Morgan fingerprint density at radius 3 is 2.81 bits per heavy atom. The second kappa shape index (κ2) is 4.94.